The molecule has 10 heteroatoms. The number of carbonyl (C=O) groups is 1. The van der Waals surface area contributed by atoms with E-state index in [9.17, 15) is 20.1 Å². The molecule has 1 aliphatic heterocycles. The van der Waals surface area contributed by atoms with Gasteiger partial charge in [0.05, 0.1) is 10.0 Å². The van der Waals surface area contributed by atoms with E-state index in [0.29, 0.717) is 10.4 Å². The highest BCUT2D eigenvalue weighted by molar-refractivity contribution is 6.39. The lowest BCUT2D eigenvalue weighted by atomic mass is 9.99. The van der Waals surface area contributed by atoms with E-state index in [1.165, 1.54) is 12.3 Å². The summed E-state index contributed by atoms with van der Waals surface area (Å²) in [4.78, 5) is 15.3. The maximum Gasteiger partial charge on any atom is 0.335 e. The van der Waals surface area contributed by atoms with Crippen LogP contribution >= 0.6 is 23.2 Å². The number of hydrogen-bond acceptors (Lipinski definition) is 7. The molecule has 2 aromatic rings. The third-order valence-electron chi connectivity index (χ3n) is 3.80. The van der Waals surface area contributed by atoms with Crippen LogP contribution in [-0.4, -0.2) is 62.1 Å². The summed E-state index contributed by atoms with van der Waals surface area (Å²) in [6.07, 6.45) is -7.22. The second-order valence-corrected chi connectivity index (χ2v) is 6.24. The normalized spacial score (nSPS) is 29.6. The molecule has 0 radical (unpaired) electrons. The van der Waals surface area contributed by atoms with Gasteiger partial charge in [0, 0.05) is 11.6 Å². The number of hydrogen-bond donors (Lipinski definition) is 4. The number of rotatable bonds is 3. The predicted octanol–water partition coefficient (Wildman–Crippen LogP) is 0.813. The van der Waals surface area contributed by atoms with Crippen molar-refractivity contribution in [3.8, 4) is 5.75 Å². The van der Waals surface area contributed by atoms with Crippen LogP contribution in [-0.2, 0) is 9.53 Å². The molecule has 1 unspecified atom stereocenters. The zero-order valence-corrected chi connectivity index (χ0v) is 13.9. The first-order chi connectivity index (χ1) is 11.8. The quantitative estimate of drug-likeness (QED) is 0.606. The van der Waals surface area contributed by atoms with Crippen LogP contribution in [0, 0.1) is 0 Å². The van der Waals surface area contributed by atoms with Gasteiger partial charge in [0.15, 0.2) is 11.9 Å². The number of benzene rings is 1. The zero-order valence-electron chi connectivity index (χ0n) is 12.4. The van der Waals surface area contributed by atoms with Crippen molar-refractivity contribution in [1.82, 2.24) is 4.98 Å². The number of carboxylic acid groups (broad SMARTS) is 1. The number of pyridine rings is 1. The molecular weight excluding hydrogens is 377 g/mol. The maximum atomic E-state index is 11.1. The van der Waals surface area contributed by atoms with Crippen LogP contribution in [0.5, 0.6) is 5.75 Å². The minimum absolute atomic E-state index is 0.00144. The van der Waals surface area contributed by atoms with Gasteiger partial charge >= 0.3 is 5.97 Å². The van der Waals surface area contributed by atoms with Crippen LogP contribution in [0.3, 0.4) is 0 Å². The number of aliphatic hydroxyl groups is 3. The van der Waals surface area contributed by atoms with Gasteiger partial charge in [0.25, 0.3) is 0 Å². The number of aliphatic hydroxyl groups excluding tert-OH is 3. The first-order valence-corrected chi connectivity index (χ1v) is 7.88. The van der Waals surface area contributed by atoms with Gasteiger partial charge in [-0.25, -0.2) is 4.79 Å². The van der Waals surface area contributed by atoms with Gasteiger partial charge in [-0.3, -0.25) is 4.98 Å². The fourth-order valence-corrected chi connectivity index (χ4v) is 3.08. The lowest BCUT2D eigenvalue weighted by molar-refractivity contribution is -0.270. The van der Waals surface area contributed by atoms with Crippen molar-refractivity contribution in [2.75, 3.05) is 0 Å². The largest absolute Gasteiger partial charge is 0.479 e. The molecule has 5 atom stereocenters. The number of aromatic nitrogens is 1. The third-order valence-corrected chi connectivity index (χ3v) is 4.39. The summed E-state index contributed by atoms with van der Waals surface area (Å²) < 4.78 is 10.6. The lowest BCUT2D eigenvalue weighted by Crippen LogP contribution is -2.61. The Balaban J connectivity index is 1.99. The first kappa shape index (κ1) is 18.1. The van der Waals surface area contributed by atoms with Gasteiger partial charge < -0.3 is 29.9 Å². The van der Waals surface area contributed by atoms with Crippen LogP contribution in [0.25, 0.3) is 10.9 Å². The van der Waals surface area contributed by atoms with Crippen molar-refractivity contribution in [2.45, 2.75) is 30.7 Å². The van der Waals surface area contributed by atoms with Gasteiger partial charge in [-0.2, -0.15) is 0 Å². The fourth-order valence-electron chi connectivity index (χ4n) is 2.52. The first-order valence-electron chi connectivity index (χ1n) is 7.13. The number of nitrogens with zero attached hydrogens (tertiary/aromatic N) is 1. The Bertz CT molecular complexity index is 818. The summed E-state index contributed by atoms with van der Waals surface area (Å²) in [6.45, 7) is 0. The van der Waals surface area contributed by atoms with E-state index in [0.717, 1.165) is 0 Å². The molecule has 134 valence electrons. The minimum Gasteiger partial charge on any atom is -0.479 e. The van der Waals surface area contributed by atoms with Crippen LogP contribution in [0.2, 0.25) is 10.0 Å². The monoisotopic (exact) mass is 389 g/mol. The molecule has 8 nitrogen and oxygen atoms in total. The predicted molar refractivity (Wildman–Crippen MR) is 86.7 cm³/mol. The molecule has 3 rings (SSSR count). The van der Waals surface area contributed by atoms with Gasteiger partial charge in [-0.15, -0.1) is 0 Å². The van der Waals surface area contributed by atoms with E-state index < -0.39 is 36.7 Å². The number of carboxylic acids is 1. The molecule has 1 aliphatic rings. The van der Waals surface area contributed by atoms with Gasteiger partial charge in [0.1, 0.15) is 23.8 Å². The number of fused-ring (bicyclic) bond motifs is 1. The molecular formula is C15H13Cl2NO7. The highest BCUT2D eigenvalue weighted by Gasteiger charge is 2.48. The van der Waals surface area contributed by atoms with Crippen molar-refractivity contribution < 1.29 is 34.7 Å². The molecule has 0 bridgehead atoms. The standard InChI is InChI=1S/C15H13Cl2NO7/c16-6-4-7(17)12(8-5(6)2-1-3-18-8)24-15-11(21)9(19)10(20)13(25-15)14(22)23/h1-4,9-11,13,15,19-21H,(H,22,23)/t9-,10-,11+,13-,15?/m0/s1. The summed E-state index contributed by atoms with van der Waals surface area (Å²) in [7, 11) is 0. The highest BCUT2D eigenvalue weighted by atomic mass is 35.5. The van der Waals surface area contributed by atoms with Crippen LogP contribution in [0.4, 0.5) is 0 Å². The Morgan fingerprint density at radius 2 is 1.88 bits per heavy atom. The number of halogens is 2. The van der Waals surface area contributed by atoms with E-state index in [2.05, 4.69) is 4.98 Å². The zero-order chi connectivity index (χ0) is 18.3. The minimum atomic E-state index is -1.82. The Kier molecular flexibility index (Phi) is 5.01. The molecule has 2 heterocycles. The van der Waals surface area contributed by atoms with Crippen LogP contribution < -0.4 is 4.74 Å². The molecule has 4 N–H and O–H groups in total. The Hall–Kier alpha value is -1.68. The molecule has 1 aromatic heterocycles. The Morgan fingerprint density at radius 3 is 2.56 bits per heavy atom. The van der Waals surface area contributed by atoms with Gasteiger partial charge in [0.2, 0.25) is 6.29 Å². The molecule has 0 aliphatic carbocycles. The second kappa shape index (κ2) is 6.91. The van der Waals surface area contributed by atoms with Crippen molar-refractivity contribution in [3.05, 3.63) is 34.4 Å². The summed E-state index contributed by atoms with van der Waals surface area (Å²) in [5, 5.41) is 39.6. The molecule has 1 aromatic carbocycles. The van der Waals surface area contributed by atoms with Gasteiger partial charge in [-0.05, 0) is 18.2 Å². The molecule has 0 amide bonds. The fraction of sp³-hybridized carbons (Fsp3) is 0.333. The van der Waals surface area contributed by atoms with Gasteiger partial charge in [-0.1, -0.05) is 23.2 Å². The summed E-state index contributed by atoms with van der Waals surface area (Å²) in [6, 6.07) is 4.72. The average molecular weight is 390 g/mol. The molecule has 0 spiro atoms. The SMILES string of the molecule is O=C(O)[C@H]1OC(Oc2c(Cl)cc(Cl)c3cccnc23)[C@H](O)[C@@H](O)[C@@H]1O. The smallest absolute Gasteiger partial charge is 0.335 e. The number of aliphatic carboxylic acids is 1. The molecule has 1 fully saturated rings. The summed E-state index contributed by atoms with van der Waals surface area (Å²) in [5.74, 6) is -1.52. The molecule has 1 saturated heterocycles. The van der Waals surface area contributed by atoms with Crippen LogP contribution in [0.15, 0.2) is 24.4 Å². The van der Waals surface area contributed by atoms with E-state index >= 15 is 0 Å². The topological polar surface area (TPSA) is 129 Å². The summed E-state index contributed by atoms with van der Waals surface area (Å²) >= 11 is 12.2. The van der Waals surface area contributed by atoms with Crippen molar-refractivity contribution >= 4 is 40.1 Å². The van der Waals surface area contributed by atoms with Crippen LogP contribution in [0.1, 0.15) is 0 Å². The van der Waals surface area contributed by atoms with E-state index in [1.807, 2.05) is 0 Å². The molecule has 25 heavy (non-hydrogen) atoms. The van der Waals surface area contributed by atoms with E-state index in [4.69, 9.17) is 37.8 Å². The Morgan fingerprint density at radius 1 is 1.16 bits per heavy atom. The lowest BCUT2D eigenvalue weighted by Gasteiger charge is -2.38. The summed E-state index contributed by atoms with van der Waals surface area (Å²) in [5.41, 5.74) is 0.267. The third kappa shape index (κ3) is 3.24. The van der Waals surface area contributed by atoms with E-state index in [-0.39, 0.29) is 16.3 Å². The van der Waals surface area contributed by atoms with E-state index in [1.54, 1.807) is 12.1 Å². The van der Waals surface area contributed by atoms with Crippen molar-refractivity contribution in [1.29, 1.82) is 0 Å². The average Bonchev–Trinajstić information content (AvgIpc) is 2.58. The van der Waals surface area contributed by atoms with Crippen molar-refractivity contribution in [2.24, 2.45) is 0 Å². The van der Waals surface area contributed by atoms with Crippen molar-refractivity contribution in [3.63, 3.8) is 0 Å². The number of ether oxygens (including phenoxy) is 2. The maximum absolute atomic E-state index is 11.1. The second-order valence-electron chi connectivity index (χ2n) is 5.42. The molecule has 0 saturated carbocycles. The Labute approximate surface area is 151 Å². The highest BCUT2D eigenvalue weighted by Crippen LogP contribution is 2.38.